The molecule has 2 aromatic heterocycles. The number of hydrogen-bond donors (Lipinski definition) is 2. The van der Waals surface area contributed by atoms with Crippen LogP contribution in [0, 0.1) is 0 Å². The van der Waals surface area contributed by atoms with Gasteiger partial charge in [-0.15, -0.1) is 0 Å². The van der Waals surface area contributed by atoms with Gasteiger partial charge in [-0.3, -0.25) is 9.59 Å². The van der Waals surface area contributed by atoms with E-state index in [2.05, 4.69) is 26.2 Å². The number of carbonyl (C=O) groups excluding carboxylic acids is 1. The molecule has 0 aliphatic rings. The summed E-state index contributed by atoms with van der Waals surface area (Å²) in [6.45, 7) is 0. The molecular weight excluding hydrogens is 274 g/mol. The third-order valence-corrected chi connectivity index (χ3v) is 3.02. The van der Waals surface area contributed by atoms with Gasteiger partial charge in [0, 0.05) is 30.2 Å². The largest absolute Gasteiger partial charge is 0.354 e. The van der Waals surface area contributed by atoms with Gasteiger partial charge in [0.25, 0.3) is 11.5 Å². The zero-order valence-electron chi connectivity index (χ0n) is 8.80. The maximum Gasteiger partial charge on any atom is 0.274 e. The van der Waals surface area contributed by atoms with Crippen molar-refractivity contribution in [2.75, 3.05) is 7.05 Å². The number of pyridine rings is 1. The van der Waals surface area contributed by atoms with Crippen molar-refractivity contribution < 1.29 is 4.79 Å². The SMILES string of the molecule is CNC(=O)c1cc2c(Br)cn(C)c(=O)c2[nH]1. The molecule has 16 heavy (non-hydrogen) atoms. The summed E-state index contributed by atoms with van der Waals surface area (Å²) in [4.78, 5) is 26.0. The van der Waals surface area contributed by atoms with Crippen LogP contribution < -0.4 is 10.9 Å². The highest BCUT2D eigenvalue weighted by Crippen LogP contribution is 2.21. The highest BCUT2D eigenvalue weighted by Gasteiger charge is 2.12. The van der Waals surface area contributed by atoms with E-state index in [9.17, 15) is 9.59 Å². The Bertz CT molecular complexity index is 627. The number of nitrogens with zero attached hydrogens (tertiary/aromatic N) is 1. The molecule has 0 fully saturated rings. The first-order valence-electron chi connectivity index (χ1n) is 4.64. The minimum absolute atomic E-state index is 0.159. The van der Waals surface area contributed by atoms with Gasteiger partial charge >= 0.3 is 0 Å². The molecular formula is C10H10BrN3O2. The van der Waals surface area contributed by atoms with Crippen LogP contribution in [0.3, 0.4) is 0 Å². The fourth-order valence-electron chi connectivity index (χ4n) is 1.54. The van der Waals surface area contributed by atoms with Gasteiger partial charge < -0.3 is 14.9 Å². The van der Waals surface area contributed by atoms with Crippen molar-refractivity contribution in [3.05, 3.63) is 32.8 Å². The summed E-state index contributed by atoms with van der Waals surface area (Å²) < 4.78 is 2.23. The predicted molar refractivity (Wildman–Crippen MR) is 64.6 cm³/mol. The van der Waals surface area contributed by atoms with E-state index in [1.807, 2.05) is 0 Å². The first-order chi connectivity index (χ1) is 7.54. The highest BCUT2D eigenvalue weighted by molar-refractivity contribution is 9.10. The summed E-state index contributed by atoms with van der Waals surface area (Å²) in [5, 5.41) is 3.21. The summed E-state index contributed by atoms with van der Waals surface area (Å²) in [6, 6.07) is 1.65. The number of rotatable bonds is 1. The number of H-pyrrole nitrogens is 1. The molecule has 84 valence electrons. The molecule has 2 N–H and O–H groups in total. The van der Waals surface area contributed by atoms with E-state index in [0.717, 1.165) is 4.47 Å². The second kappa shape index (κ2) is 3.79. The number of aromatic amines is 1. The first-order valence-corrected chi connectivity index (χ1v) is 5.44. The maximum absolute atomic E-state index is 11.8. The second-order valence-corrected chi connectivity index (χ2v) is 4.30. The minimum Gasteiger partial charge on any atom is -0.354 e. The molecule has 0 aliphatic heterocycles. The molecule has 0 aliphatic carbocycles. The van der Waals surface area contributed by atoms with E-state index in [1.54, 1.807) is 26.4 Å². The van der Waals surface area contributed by atoms with E-state index in [-0.39, 0.29) is 11.5 Å². The Morgan fingerprint density at radius 2 is 2.25 bits per heavy atom. The quantitative estimate of drug-likeness (QED) is 0.820. The van der Waals surface area contributed by atoms with Gasteiger partial charge in [-0.2, -0.15) is 0 Å². The van der Waals surface area contributed by atoms with Crippen LogP contribution in [0.2, 0.25) is 0 Å². The first kappa shape index (κ1) is 10.9. The average Bonchev–Trinajstić information content (AvgIpc) is 2.70. The predicted octanol–water partition coefficient (Wildman–Crippen LogP) is 0.989. The van der Waals surface area contributed by atoms with Gasteiger partial charge in [-0.05, 0) is 22.0 Å². The van der Waals surface area contributed by atoms with Gasteiger partial charge in [0.1, 0.15) is 11.2 Å². The zero-order chi connectivity index (χ0) is 11.9. The van der Waals surface area contributed by atoms with Gasteiger partial charge in [-0.25, -0.2) is 0 Å². The van der Waals surface area contributed by atoms with Crippen molar-refractivity contribution in [3.8, 4) is 0 Å². The summed E-state index contributed by atoms with van der Waals surface area (Å²) in [6.07, 6.45) is 1.67. The number of carbonyl (C=O) groups is 1. The smallest absolute Gasteiger partial charge is 0.274 e. The molecule has 2 rings (SSSR count). The normalized spacial score (nSPS) is 10.7. The van der Waals surface area contributed by atoms with E-state index in [0.29, 0.717) is 16.6 Å². The third kappa shape index (κ3) is 1.55. The van der Waals surface area contributed by atoms with Crippen LogP contribution in [0.15, 0.2) is 21.5 Å². The fourth-order valence-corrected chi connectivity index (χ4v) is 2.16. The number of hydrogen-bond acceptors (Lipinski definition) is 2. The lowest BCUT2D eigenvalue weighted by Gasteiger charge is -1.98. The fraction of sp³-hybridized carbons (Fsp3) is 0.200. The Balaban J connectivity index is 2.80. The van der Waals surface area contributed by atoms with Crippen LogP contribution in [0.5, 0.6) is 0 Å². The summed E-state index contributed by atoms with van der Waals surface area (Å²) >= 11 is 3.35. The lowest BCUT2D eigenvalue weighted by Crippen LogP contribution is -2.19. The Kier molecular flexibility index (Phi) is 2.59. The number of halogens is 1. The van der Waals surface area contributed by atoms with Crippen molar-refractivity contribution in [3.63, 3.8) is 0 Å². The van der Waals surface area contributed by atoms with Gasteiger partial charge in [0.15, 0.2) is 0 Å². The Morgan fingerprint density at radius 1 is 1.56 bits per heavy atom. The minimum atomic E-state index is -0.245. The van der Waals surface area contributed by atoms with Crippen molar-refractivity contribution >= 4 is 32.7 Å². The lowest BCUT2D eigenvalue weighted by atomic mass is 10.3. The Morgan fingerprint density at radius 3 is 2.88 bits per heavy atom. The number of fused-ring (bicyclic) bond motifs is 1. The monoisotopic (exact) mass is 283 g/mol. The number of amides is 1. The van der Waals surface area contributed by atoms with Crippen LogP contribution in [0.4, 0.5) is 0 Å². The molecule has 0 aromatic carbocycles. The Hall–Kier alpha value is -1.56. The molecule has 0 spiro atoms. The van der Waals surface area contributed by atoms with Crippen LogP contribution >= 0.6 is 15.9 Å². The Labute approximate surface area is 99.6 Å². The van der Waals surface area contributed by atoms with Crippen LogP contribution in [0.25, 0.3) is 10.9 Å². The molecule has 0 saturated heterocycles. The summed E-state index contributed by atoms with van der Waals surface area (Å²) in [7, 11) is 3.20. The van der Waals surface area contributed by atoms with Gasteiger partial charge in [-0.1, -0.05) is 0 Å². The average molecular weight is 284 g/mol. The van der Waals surface area contributed by atoms with Gasteiger partial charge in [0.2, 0.25) is 0 Å². The molecule has 0 unspecified atom stereocenters. The van der Waals surface area contributed by atoms with Crippen molar-refractivity contribution in [2.45, 2.75) is 0 Å². The topological polar surface area (TPSA) is 66.9 Å². The number of aryl methyl sites for hydroxylation is 1. The van der Waals surface area contributed by atoms with E-state index >= 15 is 0 Å². The molecule has 6 heteroatoms. The molecule has 0 atom stereocenters. The van der Waals surface area contributed by atoms with Crippen molar-refractivity contribution in [1.82, 2.24) is 14.9 Å². The van der Waals surface area contributed by atoms with E-state index in [1.165, 1.54) is 4.57 Å². The lowest BCUT2D eigenvalue weighted by molar-refractivity contribution is 0.0959. The number of nitrogens with one attached hydrogen (secondary N) is 2. The standard InChI is InChI=1S/C10H10BrN3O2/c1-12-9(15)7-3-5-6(11)4-14(2)10(16)8(5)13-7/h3-4,13H,1-2H3,(H,12,15). The summed E-state index contributed by atoms with van der Waals surface area (Å²) in [5.74, 6) is -0.245. The number of aromatic nitrogens is 2. The second-order valence-electron chi connectivity index (χ2n) is 3.44. The molecule has 2 heterocycles. The molecule has 0 bridgehead atoms. The molecule has 1 amide bonds. The van der Waals surface area contributed by atoms with Gasteiger partial charge in [0.05, 0.1) is 0 Å². The van der Waals surface area contributed by atoms with Crippen LogP contribution in [0.1, 0.15) is 10.5 Å². The van der Waals surface area contributed by atoms with Crippen molar-refractivity contribution in [2.24, 2.45) is 7.05 Å². The van der Waals surface area contributed by atoms with Crippen LogP contribution in [-0.2, 0) is 7.05 Å². The zero-order valence-corrected chi connectivity index (χ0v) is 10.4. The summed E-state index contributed by atoms with van der Waals surface area (Å²) in [5.41, 5.74) is 0.644. The molecule has 0 radical (unpaired) electrons. The van der Waals surface area contributed by atoms with E-state index in [4.69, 9.17) is 0 Å². The maximum atomic E-state index is 11.8. The van der Waals surface area contributed by atoms with Crippen molar-refractivity contribution in [1.29, 1.82) is 0 Å². The van der Waals surface area contributed by atoms with E-state index < -0.39 is 0 Å². The molecule has 0 saturated carbocycles. The third-order valence-electron chi connectivity index (χ3n) is 2.39. The van der Waals surface area contributed by atoms with Crippen LogP contribution in [-0.4, -0.2) is 22.5 Å². The molecule has 5 nitrogen and oxygen atoms in total. The molecule has 2 aromatic rings. The highest BCUT2D eigenvalue weighted by atomic mass is 79.9.